The van der Waals surface area contributed by atoms with Crippen molar-refractivity contribution < 1.29 is 39.1 Å². The summed E-state index contributed by atoms with van der Waals surface area (Å²) in [5, 5.41) is 30.7. The van der Waals surface area contributed by atoms with Gasteiger partial charge in [0.25, 0.3) is 5.79 Å². The molecule has 3 rings (SSSR count). The van der Waals surface area contributed by atoms with Crippen molar-refractivity contribution in [3.63, 3.8) is 0 Å². The zero-order chi connectivity index (χ0) is 19.1. The Morgan fingerprint density at radius 2 is 1.73 bits per heavy atom. The average Bonchev–Trinajstić information content (AvgIpc) is 2.64. The Balaban J connectivity index is 2.21. The third-order valence-electron chi connectivity index (χ3n) is 4.27. The Morgan fingerprint density at radius 1 is 1.08 bits per heavy atom. The first kappa shape index (κ1) is 17.8. The molecule has 0 aliphatic carbocycles. The van der Waals surface area contributed by atoms with Crippen LogP contribution < -0.4 is 14.2 Å². The van der Waals surface area contributed by atoms with Gasteiger partial charge in [-0.2, -0.15) is 0 Å². The van der Waals surface area contributed by atoms with Crippen LogP contribution in [0.2, 0.25) is 0 Å². The quantitative estimate of drug-likeness (QED) is 0.705. The Labute approximate surface area is 149 Å². The average molecular weight is 362 g/mol. The highest BCUT2D eigenvalue weighted by molar-refractivity contribution is 6.08. The molecule has 0 amide bonds. The van der Waals surface area contributed by atoms with Crippen LogP contribution in [0.4, 0.5) is 0 Å². The topological polar surface area (TPSA) is 115 Å². The van der Waals surface area contributed by atoms with Gasteiger partial charge in [0, 0.05) is 13.2 Å². The molecule has 138 valence electrons. The Morgan fingerprint density at radius 3 is 2.27 bits per heavy atom. The van der Waals surface area contributed by atoms with Crippen molar-refractivity contribution in [2.24, 2.45) is 0 Å². The first-order valence-corrected chi connectivity index (χ1v) is 7.63. The molecule has 0 saturated heterocycles. The number of rotatable bonds is 4. The number of carbonyl (C=O) groups is 1. The fraction of sp³-hybridized carbons (Fsp3) is 0.278. The number of aliphatic hydroxyl groups is 1. The van der Waals surface area contributed by atoms with Gasteiger partial charge in [0.15, 0.2) is 17.6 Å². The summed E-state index contributed by atoms with van der Waals surface area (Å²) in [6, 6.07) is 7.14. The molecule has 2 aromatic carbocycles. The largest absolute Gasteiger partial charge is 0.508 e. The number of benzene rings is 2. The van der Waals surface area contributed by atoms with Crippen LogP contribution in [-0.2, 0) is 4.74 Å². The summed E-state index contributed by atoms with van der Waals surface area (Å²) in [5.74, 6) is -3.69. The number of phenolic OH excluding ortho intramolecular Hbond substituents is 2. The maximum atomic E-state index is 12.9. The number of ketones is 1. The zero-order valence-electron chi connectivity index (χ0n) is 14.3. The van der Waals surface area contributed by atoms with Crippen molar-refractivity contribution in [1.29, 1.82) is 0 Å². The SMILES string of the molecule is COc1cc2c(c(O)c1OC)C(=O)C(O)(OC)C(c1ccc(O)cc1)O2. The number of methoxy groups -OCH3 is 3. The lowest BCUT2D eigenvalue weighted by Crippen LogP contribution is -2.51. The van der Waals surface area contributed by atoms with E-state index >= 15 is 0 Å². The highest BCUT2D eigenvalue weighted by Gasteiger charge is 2.53. The number of Topliss-reactive ketones (excluding diaryl/α,β-unsaturated/α-hetero) is 1. The van der Waals surface area contributed by atoms with E-state index in [1.807, 2.05) is 0 Å². The molecule has 8 heteroatoms. The van der Waals surface area contributed by atoms with Crippen molar-refractivity contribution in [1.82, 2.24) is 0 Å². The summed E-state index contributed by atoms with van der Waals surface area (Å²) in [4.78, 5) is 12.9. The predicted octanol–water partition coefficient (Wildman–Crippen LogP) is 1.77. The van der Waals surface area contributed by atoms with E-state index in [0.717, 1.165) is 7.11 Å². The van der Waals surface area contributed by atoms with Crippen LogP contribution in [0.15, 0.2) is 30.3 Å². The molecule has 0 aromatic heterocycles. The van der Waals surface area contributed by atoms with Crippen molar-refractivity contribution >= 4 is 5.78 Å². The molecule has 26 heavy (non-hydrogen) atoms. The summed E-state index contributed by atoms with van der Waals surface area (Å²) < 4.78 is 21.1. The summed E-state index contributed by atoms with van der Waals surface area (Å²) in [5.41, 5.74) is 0.113. The lowest BCUT2D eigenvalue weighted by molar-refractivity contribution is -0.205. The second-order valence-corrected chi connectivity index (χ2v) is 5.65. The van der Waals surface area contributed by atoms with E-state index in [0.29, 0.717) is 5.56 Å². The third kappa shape index (κ3) is 2.51. The lowest BCUT2D eigenvalue weighted by Gasteiger charge is -2.38. The van der Waals surface area contributed by atoms with E-state index in [9.17, 15) is 20.1 Å². The summed E-state index contributed by atoms with van der Waals surface area (Å²) >= 11 is 0. The fourth-order valence-corrected chi connectivity index (χ4v) is 2.91. The van der Waals surface area contributed by atoms with Gasteiger partial charge in [-0.1, -0.05) is 12.1 Å². The van der Waals surface area contributed by atoms with Gasteiger partial charge in [-0.25, -0.2) is 0 Å². The second-order valence-electron chi connectivity index (χ2n) is 5.65. The van der Waals surface area contributed by atoms with E-state index in [4.69, 9.17) is 18.9 Å². The molecule has 0 fully saturated rings. The van der Waals surface area contributed by atoms with Crippen LogP contribution in [0.3, 0.4) is 0 Å². The molecule has 0 radical (unpaired) electrons. The molecule has 8 nitrogen and oxygen atoms in total. The molecule has 2 aromatic rings. The number of phenols is 2. The minimum absolute atomic E-state index is 0.00458. The van der Waals surface area contributed by atoms with Crippen LogP contribution in [0.5, 0.6) is 28.7 Å². The highest BCUT2D eigenvalue weighted by Crippen LogP contribution is 2.51. The van der Waals surface area contributed by atoms with Gasteiger partial charge in [-0.15, -0.1) is 0 Å². The molecule has 2 unspecified atom stereocenters. The lowest BCUT2D eigenvalue weighted by atomic mass is 9.89. The van der Waals surface area contributed by atoms with E-state index in [-0.39, 0.29) is 28.6 Å². The van der Waals surface area contributed by atoms with E-state index in [2.05, 4.69) is 0 Å². The van der Waals surface area contributed by atoms with Gasteiger partial charge < -0.3 is 34.3 Å². The molecular weight excluding hydrogens is 344 g/mol. The van der Waals surface area contributed by atoms with E-state index in [1.165, 1.54) is 44.6 Å². The maximum Gasteiger partial charge on any atom is 0.274 e. The molecule has 3 N–H and O–H groups in total. The van der Waals surface area contributed by atoms with Gasteiger partial charge in [-0.05, 0) is 17.7 Å². The monoisotopic (exact) mass is 362 g/mol. The van der Waals surface area contributed by atoms with Crippen LogP contribution in [0.1, 0.15) is 22.0 Å². The normalized spacial score (nSPS) is 21.7. The first-order chi connectivity index (χ1) is 12.4. The highest BCUT2D eigenvalue weighted by atomic mass is 16.7. The number of hydrogen-bond donors (Lipinski definition) is 3. The number of hydrogen-bond acceptors (Lipinski definition) is 8. The van der Waals surface area contributed by atoms with Gasteiger partial charge in [0.2, 0.25) is 11.5 Å². The number of fused-ring (bicyclic) bond motifs is 1. The van der Waals surface area contributed by atoms with Crippen LogP contribution >= 0.6 is 0 Å². The Kier molecular flexibility index (Phi) is 4.39. The molecule has 0 saturated carbocycles. The molecule has 0 bridgehead atoms. The van der Waals surface area contributed by atoms with Gasteiger partial charge in [-0.3, -0.25) is 4.79 Å². The number of ether oxygens (including phenoxy) is 4. The van der Waals surface area contributed by atoms with Crippen molar-refractivity contribution in [3.8, 4) is 28.7 Å². The summed E-state index contributed by atoms with van der Waals surface area (Å²) in [7, 11) is 3.83. The fourth-order valence-electron chi connectivity index (χ4n) is 2.91. The second kappa shape index (κ2) is 6.40. The van der Waals surface area contributed by atoms with Gasteiger partial charge >= 0.3 is 0 Å². The number of aromatic hydroxyl groups is 2. The third-order valence-corrected chi connectivity index (χ3v) is 4.27. The van der Waals surface area contributed by atoms with Crippen molar-refractivity contribution in [2.75, 3.05) is 21.3 Å². The standard InChI is InChI=1S/C18H18O8/c1-23-12-8-11-13(14(20)15(12)24-2)16(21)18(22,25-3)17(26-11)9-4-6-10(19)7-5-9/h4-8,17,19-20,22H,1-3H3. The summed E-state index contributed by atoms with van der Waals surface area (Å²) in [6.07, 6.45) is -1.23. The van der Waals surface area contributed by atoms with Crippen LogP contribution in [0, 0.1) is 0 Å². The molecular formula is C18H18O8. The van der Waals surface area contributed by atoms with Crippen LogP contribution in [-0.4, -0.2) is 48.2 Å². The van der Waals surface area contributed by atoms with Gasteiger partial charge in [0.1, 0.15) is 17.1 Å². The number of carbonyl (C=O) groups excluding carboxylic acids is 1. The molecule has 1 aliphatic heterocycles. The summed E-state index contributed by atoms with van der Waals surface area (Å²) in [6.45, 7) is 0. The first-order valence-electron chi connectivity index (χ1n) is 7.63. The minimum atomic E-state index is -2.39. The molecule has 1 heterocycles. The Bertz CT molecular complexity index is 845. The molecule has 0 spiro atoms. The smallest absolute Gasteiger partial charge is 0.274 e. The van der Waals surface area contributed by atoms with Crippen molar-refractivity contribution in [3.05, 3.63) is 41.5 Å². The predicted molar refractivity (Wildman–Crippen MR) is 89.0 cm³/mol. The molecule has 2 atom stereocenters. The van der Waals surface area contributed by atoms with Crippen LogP contribution in [0.25, 0.3) is 0 Å². The zero-order valence-corrected chi connectivity index (χ0v) is 14.3. The maximum absolute atomic E-state index is 12.9. The van der Waals surface area contributed by atoms with E-state index in [1.54, 1.807) is 0 Å². The molecule has 1 aliphatic rings. The Hall–Kier alpha value is -2.97. The van der Waals surface area contributed by atoms with E-state index < -0.39 is 23.4 Å². The van der Waals surface area contributed by atoms with Gasteiger partial charge in [0.05, 0.1) is 14.2 Å². The van der Waals surface area contributed by atoms with Crippen molar-refractivity contribution in [2.45, 2.75) is 11.9 Å². The minimum Gasteiger partial charge on any atom is -0.508 e.